The number of sulfonamides is 1. The Balaban J connectivity index is 1.39. The van der Waals surface area contributed by atoms with Crippen molar-refractivity contribution in [3.63, 3.8) is 0 Å². The fourth-order valence-corrected chi connectivity index (χ4v) is 6.94. The van der Waals surface area contributed by atoms with Gasteiger partial charge in [0.2, 0.25) is 15.9 Å². The first-order chi connectivity index (χ1) is 16.9. The molecule has 1 amide bonds. The number of fused-ring (bicyclic) bond motifs is 1. The average Bonchev–Trinajstić information content (AvgIpc) is 2.89. The zero-order valence-electron chi connectivity index (χ0n) is 20.9. The fourth-order valence-electron chi connectivity index (χ4n) is 5.36. The van der Waals surface area contributed by atoms with Crippen LogP contribution >= 0.6 is 0 Å². The van der Waals surface area contributed by atoms with E-state index in [2.05, 4.69) is 19.2 Å². The zero-order valence-corrected chi connectivity index (χ0v) is 21.7. The number of nitrogens with zero attached hydrogens (tertiary/aromatic N) is 1. The molecular formula is C28H38N2O4S. The van der Waals surface area contributed by atoms with Gasteiger partial charge in [0.15, 0.2) is 0 Å². The smallest absolute Gasteiger partial charge is 0.224 e. The summed E-state index contributed by atoms with van der Waals surface area (Å²) in [6.45, 7) is 5.00. The minimum atomic E-state index is -3.39. The van der Waals surface area contributed by atoms with Crippen molar-refractivity contribution in [2.24, 2.45) is 5.92 Å². The number of para-hydroxylation sites is 1. The average molecular weight is 499 g/mol. The lowest BCUT2D eigenvalue weighted by molar-refractivity contribution is -0.127. The van der Waals surface area contributed by atoms with E-state index in [0.717, 1.165) is 42.6 Å². The number of amides is 1. The van der Waals surface area contributed by atoms with E-state index >= 15 is 0 Å². The minimum absolute atomic E-state index is 0.0583. The monoisotopic (exact) mass is 498 g/mol. The Morgan fingerprint density at radius 1 is 1.09 bits per heavy atom. The topological polar surface area (TPSA) is 75.7 Å². The van der Waals surface area contributed by atoms with Crippen LogP contribution in [0.3, 0.4) is 0 Å². The highest BCUT2D eigenvalue weighted by Gasteiger charge is 2.40. The van der Waals surface area contributed by atoms with E-state index in [1.165, 1.54) is 4.31 Å². The second-order valence-electron chi connectivity index (χ2n) is 9.90. The zero-order chi connectivity index (χ0) is 24.9. The summed E-state index contributed by atoms with van der Waals surface area (Å²) in [4.78, 5) is 13.4. The number of hydrogen-bond donors (Lipinski definition) is 1. The molecule has 0 saturated carbocycles. The SMILES string of the molecule is CCC1(CC)C[C@H](NC(=O)[C@@H]2CCCN(S(=O)(=O)CCCc3ccccc3)C2)c2ccccc2O1. The number of aryl methyl sites for hydroxylation is 1. The Kier molecular flexibility index (Phi) is 8.17. The Hall–Kier alpha value is -2.38. The van der Waals surface area contributed by atoms with Crippen LogP contribution in [0.25, 0.3) is 0 Å². The number of carbonyl (C=O) groups excluding carboxylic acids is 1. The Labute approximate surface area is 210 Å². The Bertz CT molecular complexity index is 1100. The standard InChI is InChI=1S/C28H38N2O4S/c1-3-28(4-2)20-25(24-16-8-9-17-26(24)34-28)29-27(31)23-15-10-18-30(21-23)35(32,33)19-11-14-22-12-6-5-7-13-22/h5-9,12-13,16-17,23,25H,3-4,10-11,14-15,18-21H2,1-2H3,(H,29,31)/t23-,25+/m1/s1. The van der Waals surface area contributed by atoms with E-state index in [-0.39, 0.29) is 35.8 Å². The van der Waals surface area contributed by atoms with Gasteiger partial charge in [0, 0.05) is 25.1 Å². The summed E-state index contributed by atoms with van der Waals surface area (Å²) in [6, 6.07) is 17.7. The van der Waals surface area contributed by atoms with Gasteiger partial charge in [-0.05, 0) is 50.2 Å². The molecule has 2 heterocycles. The number of rotatable bonds is 9. The van der Waals surface area contributed by atoms with Gasteiger partial charge in [-0.2, -0.15) is 0 Å². The molecule has 1 fully saturated rings. The predicted molar refractivity (Wildman–Crippen MR) is 139 cm³/mol. The van der Waals surface area contributed by atoms with Gasteiger partial charge >= 0.3 is 0 Å². The highest BCUT2D eigenvalue weighted by Crippen LogP contribution is 2.42. The summed E-state index contributed by atoms with van der Waals surface area (Å²) < 4.78 is 34.0. The van der Waals surface area contributed by atoms with Gasteiger partial charge in [-0.25, -0.2) is 12.7 Å². The third-order valence-electron chi connectivity index (χ3n) is 7.66. The number of benzene rings is 2. The van der Waals surface area contributed by atoms with Crippen LogP contribution in [0.1, 0.15) is 69.5 Å². The number of ether oxygens (including phenoxy) is 1. The van der Waals surface area contributed by atoms with Crippen LogP contribution in [0.5, 0.6) is 5.75 Å². The molecule has 0 aliphatic carbocycles. The first-order valence-corrected chi connectivity index (χ1v) is 14.6. The van der Waals surface area contributed by atoms with Gasteiger partial charge in [0.1, 0.15) is 11.4 Å². The quantitative estimate of drug-likeness (QED) is 0.536. The number of hydrogen-bond acceptors (Lipinski definition) is 4. The molecular weight excluding hydrogens is 460 g/mol. The van der Waals surface area contributed by atoms with Crippen LogP contribution in [0, 0.1) is 5.92 Å². The Morgan fingerprint density at radius 2 is 1.80 bits per heavy atom. The van der Waals surface area contributed by atoms with Crippen LogP contribution < -0.4 is 10.1 Å². The van der Waals surface area contributed by atoms with E-state index in [1.807, 2.05) is 54.6 Å². The summed E-state index contributed by atoms with van der Waals surface area (Å²) in [5, 5.41) is 3.26. The normalized spacial score (nSPS) is 22.1. The lowest BCUT2D eigenvalue weighted by Gasteiger charge is -2.42. The van der Waals surface area contributed by atoms with Crippen molar-refractivity contribution in [2.45, 2.75) is 70.4 Å². The summed E-state index contributed by atoms with van der Waals surface area (Å²) >= 11 is 0. The van der Waals surface area contributed by atoms with Gasteiger partial charge in [-0.15, -0.1) is 0 Å². The van der Waals surface area contributed by atoms with Gasteiger partial charge in [0.25, 0.3) is 0 Å². The third-order valence-corrected chi connectivity index (χ3v) is 9.58. The lowest BCUT2D eigenvalue weighted by Crippen LogP contribution is -2.49. The molecule has 0 bridgehead atoms. The highest BCUT2D eigenvalue weighted by atomic mass is 32.2. The predicted octanol–water partition coefficient (Wildman–Crippen LogP) is 4.86. The molecule has 2 atom stereocenters. The first kappa shape index (κ1) is 25.7. The molecule has 6 nitrogen and oxygen atoms in total. The van der Waals surface area contributed by atoms with Crippen molar-refractivity contribution in [1.82, 2.24) is 9.62 Å². The molecule has 2 aromatic rings. The van der Waals surface area contributed by atoms with Crippen molar-refractivity contribution < 1.29 is 17.9 Å². The first-order valence-electron chi connectivity index (χ1n) is 13.0. The molecule has 0 spiro atoms. The molecule has 2 aliphatic rings. The lowest BCUT2D eigenvalue weighted by atomic mass is 9.83. The summed E-state index contributed by atoms with van der Waals surface area (Å²) in [7, 11) is -3.39. The van der Waals surface area contributed by atoms with E-state index in [0.29, 0.717) is 25.8 Å². The molecule has 4 rings (SSSR count). The molecule has 0 unspecified atom stereocenters. The largest absolute Gasteiger partial charge is 0.487 e. The molecule has 2 aliphatic heterocycles. The van der Waals surface area contributed by atoms with E-state index < -0.39 is 10.0 Å². The summed E-state index contributed by atoms with van der Waals surface area (Å²) in [5.74, 6) is 0.551. The van der Waals surface area contributed by atoms with Crippen molar-refractivity contribution in [2.75, 3.05) is 18.8 Å². The molecule has 0 aromatic heterocycles. The van der Waals surface area contributed by atoms with Crippen molar-refractivity contribution in [3.05, 3.63) is 65.7 Å². The second kappa shape index (κ2) is 11.1. The second-order valence-corrected chi connectivity index (χ2v) is 12.0. The highest BCUT2D eigenvalue weighted by molar-refractivity contribution is 7.89. The molecule has 1 N–H and O–H groups in total. The Morgan fingerprint density at radius 3 is 2.54 bits per heavy atom. The van der Waals surface area contributed by atoms with Crippen molar-refractivity contribution in [1.29, 1.82) is 0 Å². The maximum Gasteiger partial charge on any atom is 0.224 e. The molecule has 2 aromatic carbocycles. The van der Waals surface area contributed by atoms with E-state index in [9.17, 15) is 13.2 Å². The molecule has 7 heteroatoms. The molecule has 1 saturated heterocycles. The summed E-state index contributed by atoms with van der Waals surface area (Å²) in [5.41, 5.74) is 1.85. The number of carbonyl (C=O) groups is 1. The number of nitrogens with one attached hydrogen (secondary N) is 1. The van der Waals surface area contributed by atoms with Crippen LogP contribution in [0.4, 0.5) is 0 Å². The van der Waals surface area contributed by atoms with E-state index in [1.54, 1.807) is 0 Å². The van der Waals surface area contributed by atoms with Gasteiger partial charge in [-0.3, -0.25) is 4.79 Å². The fraction of sp³-hybridized carbons (Fsp3) is 0.536. The molecule has 0 radical (unpaired) electrons. The maximum atomic E-state index is 13.4. The summed E-state index contributed by atoms with van der Waals surface area (Å²) in [6.07, 6.45) is 5.17. The molecule has 190 valence electrons. The van der Waals surface area contributed by atoms with E-state index in [4.69, 9.17) is 4.74 Å². The maximum absolute atomic E-state index is 13.4. The third kappa shape index (κ3) is 6.07. The van der Waals surface area contributed by atoms with Crippen LogP contribution in [0.15, 0.2) is 54.6 Å². The number of piperidine rings is 1. The van der Waals surface area contributed by atoms with Crippen molar-refractivity contribution in [3.8, 4) is 5.75 Å². The van der Waals surface area contributed by atoms with Crippen LogP contribution in [-0.4, -0.2) is 43.1 Å². The van der Waals surface area contributed by atoms with Gasteiger partial charge in [-0.1, -0.05) is 62.4 Å². The van der Waals surface area contributed by atoms with Crippen LogP contribution in [-0.2, 0) is 21.2 Å². The van der Waals surface area contributed by atoms with Crippen molar-refractivity contribution >= 4 is 15.9 Å². The minimum Gasteiger partial charge on any atom is -0.487 e. The molecule has 35 heavy (non-hydrogen) atoms. The van der Waals surface area contributed by atoms with Gasteiger partial charge in [0.05, 0.1) is 17.7 Å². The van der Waals surface area contributed by atoms with Gasteiger partial charge < -0.3 is 10.1 Å². The van der Waals surface area contributed by atoms with Crippen LogP contribution in [0.2, 0.25) is 0 Å².